The molecule has 3 aromatic rings. The summed E-state index contributed by atoms with van der Waals surface area (Å²) in [4.78, 5) is 16.2. The van der Waals surface area contributed by atoms with Gasteiger partial charge in [0.25, 0.3) is 0 Å². The van der Waals surface area contributed by atoms with Crippen molar-refractivity contribution >= 4 is 23.2 Å². The van der Waals surface area contributed by atoms with E-state index < -0.39 is 5.56 Å². The Labute approximate surface area is 155 Å². The maximum Gasteiger partial charge on any atom is 0.316 e. The summed E-state index contributed by atoms with van der Waals surface area (Å²) >= 11 is 6.16. The fourth-order valence-electron chi connectivity index (χ4n) is 2.48. The molecule has 0 aliphatic carbocycles. The molecule has 0 saturated heterocycles. The van der Waals surface area contributed by atoms with Crippen LogP contribution in [-0.4, -0.2) is 16.7 Å². The summed E-state index contributed by atoms with van der Waals surface area (Å²) in [5.74, 6) is 0.156. The van der Waals surface area contributed by atoms with Crippen LogP contribution in [0, 0.1) is 12.7 Å². The number of halogens is 2. The number of anilines is 2. The van der Waals surface area contributed by atoms with E-state index in [1.807, 2.05) is 19.1 Å². The van der Waals surface area contributed by atoms with Gasteiger partial charge in [-0.15, -0.1) is 0 Å². The van der Waals surface area contributed by atoms with Gasteiger partial charge in [-0.1, -0.05) is 29.8 Å². The Morgan fingerprint density at radius 3 is 2.65 bits per heavy atom. The molecule has 0 amide bonds. The molecule has 134 valence electrons. The highest BCUT2D eigenvalue weighted by atomic mass is 35.5. The van der Waals surface area contributed by atoms with Crippen molar-refractivity contribution in [1.29, 1.82) is 0 Å². The molecule has 0 aliphatic rings. The number of rotatable bonds is 5. The van der Waals surface area contributed by atoms with Crippen molar-refractivity contribution < 1.29 is 9.13 Å². The smallest absolute Gasteiger partial charge is 0.316 e. The highest BCUT2D eigenvalue weighted by Crippen LogP contribution is 2.26. The predicted octanol–water partition coefficient (Wildman–Crippen LogP) is 4.14. The van der Waals surface area contributed by atoms with Crippen LogP contribution in [-0.2, 0) is 6.54 Å². The van der Waals surface area contributed by atoms with Crippen LogP contribution in [0.2, 0.25) is 5.02 Å². The maximum absolute atomic E-state index is 13.1. The van der Waals surface area contributed by atoms with Gasteiger partial charge in [0.15, 0.2) is 0 Å². The lowest BCUT2D eigenvalue weighted by molar-refractivity contribution is 0.402. The first kappa shape index (κ1) is 17.9. The minimum atomic E-state index is -0.481. The molecule has 3 rings (SSSR count). The lowest BCUT2D eigenvalue weighted by Gasteiger charge is -2.16. The molecular formula is C19H17ClFN3O2. The first-order valence-electron chi connectivity index (χ1n) is 7.90. The zero-order valence-electron chi connectivity index (χ0n) is 14.3. The van der Waals surface area contributed by atoms with Crippen molar-refractivity contribution in [2.75, 3.05) is 12.4 Å². The molecule has 5 nitrogen and oxygen atoms in total. The van der Waals surface area contributed by atoms with Crippen LogP contribution in [0.25, 0.3) is 0 Å². The summed E-state index contributed by atoms with van der Waals surface area (Å²) in [5.41, 5.74) is 1.95. The van der Waals surface area contributed by atoms with Gasteiger partial charge in [0, 0.05) is 10.7 Å². The molecule has 2 aromatic carbocycles. The molecule has 0 bridgehead atoms. The van der Waals surface area contributed by atoms with Crippen molar-refractivity contribution in [3.8, 4) is 5.75 Å². The van der Waals surface area contributed by atoms with Gasteiger partial charge >= 0.3 is 5.56 Å². The van der Waals surface area contributed by atoms with Crippen molar-refractivity contribution in [2.24, 2.45) is 0 Å². The van der Waals surface area contributed by atoms with Gasteiger partial charge < -0.3 is 14.6 Å². The molecule has 1 heterocycles. The highest BCUT2D eigenvalue weighted by molar-refractivity contribution is 6.31. The van der Waals surface area contributed by atoms with E-state index in [1.165, 1.54) is 19.2 Å². The Morgan fingerprint density at radius 2 is 1.96 bits per heavy atom. The van der Waals surface area contributed by atoms with Gasteiger partial charge in [-0.3, -0.25) is 4.79 Å². The third-order valence-corrected chi connectivity index (χ3v) is 4.37. The molecule has 1 aromatic heterocycles. The summed E-state index contributed by atoms with van der Waals surface area (Å²) < 4.78 is 20.0. The van der Waals surface area contributed by atoms with Crippen LogP contribution in [0.5, 0.6) is 5.75 Å². The third kappa shape index (κ3) is 3.86. The summed E-state index contributed by atoms with van der Waals surface area (Å²) in [6, 6.07) is 11.6. The van der Waals surface area contributed by atoms with Crippen LogP contribution in [0.15, 0.2) is 53.5 Å². The van der Waals surface area contributed by atoms with E-state index in [4.69, 9.17) is 16.3 Å². The van der Waals surface area contributed by atoms with Crippen molar-refractivity contribution in [2.45, 2.75) is 13.5 Å². The Bertz CT molecular complexity index is 987. The van der Waals surface area contributed by atoms with E-state index in [2.05, 4.69) is 10.3 Å². The average molecular weight is 374 g/mol. The van der Waals surface area contributed by atoms with Gasteiger partial charge in [-0.2, -0.15) is 4.98 Å². The number of methoxy groups -OCH3 is 1. The second-order valence-electron chi connectivity index (χ2n) is 5.73. The molecule has 26 heavy (non-hydrogen) atoms. The maximum atomic E-state index is 13.1. The third-order valence-electron chi connectivity index (χ3n) is 3.96. The number of benzene rings is 2. The minimum Gasteiger partial charge on any atom is -0.490 e. The molecule has 0 aliphatic heterocycles. The van der Waals surface area contributed by atoms with Gasteiger partial charge in [0.2, 0.25) is 11.7 Å². The lowest BCUT2D eigenvalue weighted by Crippen LogP contribution is -2.19. The molecule has 0 saturated carbocycles. The molecule has 1 N–H and O–H groups in total. The van der Waals surface area contributed by atoms with Gasteiger partial charge in [0.1, 0.15) is 5.82 Å². The molecule has 0 spiro atoms. The molecule has 0 radical (unpaired) electrons. The number of aromatic nitrogens is 2. The topological polar surface area (TPSA) is 56.1 Å². The number of hydrogen-bond acceptors (Lipinski definition) is 4. The second kappa shape index (κ2) is 7.58. The van der Waals surface area contributed by atoms with Crippen LogP contribution in [0.3, 0.4) is 0 Å². The fraction of sp³-hybridized carbons (Fsp3) is 0.158. The molecule has 0 atom stereocenters. The Balaban J connectivity index is 2.02. The van der Waals surface area contributed by atoms with E-state index in [-0.39, 0.29) is 11.6 Å². The summed E-state index contributed by atoms with van der Waals surface area (Å²) in [6.07, 6.45) is 1.57. The minimum absolute atomic E-state index is 0.125. The quantitative estimate of drug-likeness (QED) is 0.730. The summed E-state index contributed by atoms with van der Waals surface area (Å²) in [6.45, 7) is 2.25. The summed E-state index contributed by atoms with van der Waals surface area (Å²) in [7, 11) is 1.41. The van der Waals surface area contributed by atoms with E-state index in [0.29, 0.717) is 17.5 Å². The first-order chi connectivity index (χ1) is 12.5. The average Bonchev–Trinajstić information content (AvgIpc) is 2.63. The standard InChI is InChI=1S/C19H17ClFN3O2/c1-12-15(20)4-3-5-16(12)22-19-23-18(25)17(26-2)11-24(19)10-13-6-8-14(21)9-7-13/h3-9,11H,10H2,1-2H3,(H,22,23,25). The van der Waals surface area contributed by atoms with Crippen molar-refractivity contribution in [3.63, 3.8) is 0 Å². The van der Waals surface area contributed by atoms with Gasteiger partial charge in [0.05, 0.1) is 19.9 Å². The van der Waals surface area contributed by atoms with Gasteiger partial charge in [-0.05, 0) is 42.3 Å². The molecule has 0 fully saturated rings. The predicted molar refractivity (Wildman–Crippen MR) is 100 cm³/mol. The summed E-state index contributed by atoms with van der Waals surface area (Å²) in [5, 5.41) is 3.75. The number of nitrogens with one attached hydrogen (secondary N) is 1. The van der Waals surface area contributed by atoms with Crippen molar-refractivity contribution in [3.05, 3.63) is 81.0 Å². The first-order valence-corrected chi connectivity index (χ1v) is 8.28. The van der Waals surface area contributed by atoms with E-state index in [1.54, 1.807) is 29.0 Å². The van der Waals surface area contributed by atoms with Crippen LogP contribution in [0.4, 0.5) is 16.0 Å². The van der Waals surface area contributed by atoms with Gasteiger partial charge in [-0.25, -0.2) is 4.39 Å². The number of nitrogens with zero attached hydrogens (tertiary/aromatic N) is 2. The number of hydrogen-bond donors (Lipinski definition) is 1. The Morgan fingerprint density at radius 1 is 1.23 bits per heavy atom. The monoisotopic (exact) mass is 373 g/mol. The SMILES string of the molecule is COc1cn(Cc2ccc(F)cc2)c(Nc2cccc(Cl)c2C)nc1=O. The van der Waals surface area contributed by atoms with E-state index >= 15 is 0 Å². The molecule has 7 heteroatoms. The van der Waals surface area contributed by atoms with Crippen LogP contribution >= 0.6 is 11.6 Å². The number of ether oxygens (including phenoxy) is 1. The largest absolute Gasteiger partial charge is 0.490 e. The van der Waals surface area contributed by atoms with Crippen LogP contribution < -0.4 is 15.6 Å². The zero-order chi connectivity index (χ0) is 18.7. The van der Waals surface area contributed by atoms with E-state index in [9.17, 15) is 9.18 Å². The normalized spacial score (nSPS) is 10.6. The zero-order valence-corrected chi connectivity index (χ0v) is 15.0. The lowest BCUT2D eigenvalue weighted by atomic mass is 10.2. The highest BCUT2D eigenvalue weighted by Gasteiger charge is 2.12. The molecule has 0 unspecified atom stereocenters. The fourth-order valence-corrected chi connectivity index (χ4v) is 2.66. The van der Waals surface area contributed by atoms with E-state index in [0.717, 1.165) is 16.8 Å². The molecular weight excluding hydrogens is 357 g/mol. The van der Waals surface area contributed by atoms with Crippen molar-refractivity contribution in [1.82, 2.24) is 9.55 Å². The second-order valence-corrected chi connectivity index (χ2v) is 6.14. The Kier molecular flexibility index (Phi) is 5.23. The van der Waals surface area contributed by atoms with Crippen LogP contribution in [0.1, 0.15) is 11.1 Å². The Hall–Kier alpha value is -2.86.